The van der Waals surface area contributed by atoms with Gasteiger partial charge in [-0.3, -0.25) is 9.52 Å². The Labute approximate surface area is 196 Å². The average Bonchev–Trinajstić information content (AvgIpc) is 2.76. The number of sulfonamides is 1. The number of anilines is 2. The van der Waals surface area contributed by atoms with E-state index < -0.39 is 10.0 Å². The number of methoxy groups -OCH3 is 2. The Balaban J connectivity index is 1.80. The molecule has 2 N–H and O–H groups in total. The molecule has 0 aromatic heterocycles. The molecule has 168 valence electrons. The van der Waals surface area contributed by atoms with Crippen LogP contribution in [0.1, 0.15) is 5.56 Å². The maximum Gasteiger partial charge on any atom is 0.261 e. The molecular formula is C22H20Cl2N2O5S. The summed E-state index contributed by atoms with van der Waals surface area (Å²) in [5.41, 5.74) is 1.24. The molecule has 3 aromatic carbocycles. The minimum Gasteiger partial charge on any atom is -0.497 e. The lowest BCUT2D eigenvalue weighted by atomic mass is 10.1. The third kappa shape index (κ3) is 5.85. The van der Waals surface area contributed by atoms with Gasteiger partial charge in [0.2, 0.25) is 5.91 Å². The summed E-state index contributed by atoms with van der Waals surface area (Å²) in [6.07, 6.45) is 0.0150. The standard InChI is InChI=1S/C22H20Cl2N2O5S/c1-30-16-6-4-15(5-7-16)26-32(28,29)17-8-10-21(31-2)20(13-17)25-22(27)12-14-3-9-18(23)19(24)11-14/h3-11,13,26H,12H2,1-2H3,(H,25,27). The molecule has 1 amide bonds. The van der Waals surface area contributed by atoms with E-state index in [4.69, 9.17) is 32.7 Å². The van der Waals surface area contributed by atoms with Gasteiger partial charge in [-0.25, -0.2) is 8.42 Å². The summed E-state index contributed by atoms with van der Waals surface area (Å²) >= 11 is 11.9. The Morgan fingerprint density at radius 2 is 1.62 bits per heavy atom. The molecule has 0 saturated carbocycles. The predicted molar refractivity (Wildman–Crippen MR) is 126 cm³/mol. The second-order valence-corrected chi connectivity index (χ2v) is 9.17. The molecule has 0 aliphatic rings. The van der Waals surface area contributed by atoms with Gasteiger partial charge < -0.3 is 14.8 Å². The Morgan fingerprint density at radius 3 is 2.25 bits per heavy atom. The number of ether oxygens (including phenoxy) is 2. The van der Waals surface area contributed by atoms with Gasteiger partial charge in [0.05, 0.1) is 41.3 Å². The monoisotopic (exact) mass is 494 g/mol. The number of carbonyl (C=O) groups is 1. The zero-order valence-corrected chi connectivity index (χ0v) is 19.5. The van der Waals surface area contributed by atoms with Gasteiger partial charge >= 0.3 is 0 Å². The minimum atomic E-state index is -3.92. The number of halogens is 2. The van der Waals surface area contributed by atoms with E-state index in [0.717, 1.165) is 0 Å². The van der Waals surface area contributed by atoms with Crippen LogP contribution < -0.4 is 19.5 Å². The van der Waals surface area contributed by atoms with Crippen LogP contribution in [0.4, 0.5) is 11.4 Å². The molecule has 0 bridgehead atoms. The summed E-state index contributed by atoms with van der Waals surface area (Å²) < 4.78 is 38.5. The number of rotatable bonds is 8. The highest BCUT2D eigenvalue weighted by molar-refractivity contribution is 7.92. The molecule has 32 heavy (non-hydrogen) atoms. The lowest BCUT2D eigenvalue weighted by Crippen LogP contribution is -2.17. The van der Waals surface area contributed by atoms with Crippen molar-refractivity contribution in [1.82, 2.24) is 0 Å². The number of nitrogens with one attached hydrogen (secondary N) is 2. The Bertz CT molecular complexity index is 1230. The van der Waals surface area contributed by atoms with Crippen LogP contribution in [-0.2, 0) is 21.2 Å². The van der Waals surface area contributed by atoms with E-state index in [1.54, 1.807) is 42.5 Å². The summed E-state index contributed by atoms with van der Waals surface area (Å²) in [7, 11) is -0.969. The SMILES string of the molecule is COc1ccc(NS(=O)(=O)c2ccc(OC)c(NC(=O)Cc3ccc(Cl)c(Cl)c3)c2)cc1. The van der Waals surface area contributed by atoms with Crippen molar-refractivity contribution in [3.8, 4) is 11.5 Å². The lowest BCUT2D eigenvalue weighted by Gasteiger charge is -2.14. The number of hydrogen-bond donors (Lipinski definition) is 2. The molecule has 0 spiro atoms. The summed E-state index contributed by atoms with van der Waals surface area (Å²) in [5.74, 6) is 0.541. The van der Waals surface area contributed by atoms with Gasteiger partial charge in [-0.05, 0) is 60.2 Å². The second-order valence-electron chi connectivity index (χ2n) is 6.67. The van der Waals surface area contributed by atoms with Crippen molar-refractivity contribution in [2.75, 3.05) is 24.3 Å². The topological polar surface area (TPSA) is 93.7 Å². The zero-order valence-electron chi connectivity index (χ0n) is 17.2. The molecule has 0 unspecified atom stereocenters. The van der Waals surface area contributed by atoms with E-state index in [-0.39, 0.29) is 22.9 Å². The first-order valence-corrected chi connectivity index (χ1v) is 11.5. The number of carbonyl (C=O) groups excluding carboxylic acids is 1. The van der Waals surface area contributed by atoms with Crippen molar-refractivity contribution < 1.29 is 22.7 Å². The molecular weight excluding hydrogens is 475 g/mol. The van der Waals surface area contributed by atoms with E-state index >= 15 is 0 Å². The Morgan fingerprint density at radius 1 is 0.906 bits per heavy atom. The van der Waals surface area contributed by atoms with Crippen LogP contribution in [0.15, 0.2) is 65.6 Å². The molecule has 10 heteroatoms. The quantitative estimate of drug-likeness (QED) is 0.459. The maximum atomic E-state index is 12.8. The summed E-state index contributed by atoms with van der Waals surface area (Å²) in [4.78, 5) is 12.5. The van der Waals surface area contributed by atoms with Crippen molar-refractivity contribution in [3.63, 3.8) is 0 Å². The van der Waals surface area contributed by atoms with Crippen LogP contribution in [0.2, 0.25) is 10.0 Å². The van der Waals surface area contributed by atoms with Gasteiger partial charge in [-0.2, -0.15) is 0 Å². The van der Waals surface area contributed by atoms with Crippen LogP contribution >= 0.6 is 23.2 Å². The number of hydrogen-bond acceptors (Lipinski definition) is 5. The van der Waals surface area contributed by atoms with E-state index in [2.05, 4.69) is 10.0 Å². The largest absolute Gasteiger partial charge is 0.497 e. The van der Waals surface area contributed by atoms with Crippen molar-refractivity contribution in [2.45, 2.75) is 11.3 Å². The maximum absolute atomic E-state index is 12.8. The minimum absolute atomic E-state index is 0.0150. The van der Waals surface area contributed by atoms with Gasteiger partial charge in [0.25, 0.3) is 10.0 Å². The van der Waals surface area contributed by atoms with Crippen LogP contribution in [0, 0.1) is 0 Å². The highest BCUT2D eigenvalue weighted by atomic mass is 35.5. The van der Waals surface area contributed by atoms with Gasteiger partial charge in [-0.1, -0.05) is 29.3 Å². The highest BCUT2D eigenvalue weighted by Crippen LogP contribution is 2.29. The smallest absolute Gasteiger partial charge is 0.261 e. The lowest BCUT2D eigenvalue weighted by molar-refractivity contribution is -0.115. The summed E-state index contributed by atoms with van der Waals surface area (Å²) in [6, 6.07) is 15.5. The van der Waals surface area contributed by atoms with Crippen molar-refractivity contribution in [1.29, 1.82) is 0 Å². The number of benzene rings is 3. The van der Waals surface area contributed by atoms with Crippen LogP contribution in [0.3, 0.4) is 0 Å². The number of amides is 1. The van der Waals surface area contributed by atoms with Crippen molar-refractivity contribution >= 4 is 50.5 Å². The molecule has 0 aliphatic carbocycles. The Kier molecular flexibility index (Phi) is 7.50. The second kappa shape index (κ2) is 10.1. The van der Waals surface area contributed by atoms with Crippen LogP contribution in [-0.4, -0.2) is 28.5 Å². The highest BCUT2D eigenvalue weighted by Gasteiger charge is 2.18. The van der Waals surface area contributed by atoms with Crippen LogP contribution in [0.5, 0.6) is 11.5 Å². The van der Waals surface area contributed by atoms with E-state index in [1.807, 2.05) is 0 Å². The first-order chi connectivity index (χ1) is 15.2. The molecule has 0 atom stereocenters. The Hall–Kier alpha value is -2.94. The van der Waals surface area contributed by atoms with Gasteiger partial charge in [0.15, 0.2) is 0 Å². The average molecular weight is 495 g/mol. The molecule has 0 heterocycles. The molecule has 0 saturated heterocycles. The summed E-state index contributed by atoms with van der Waals surface area (Å²) in [6.45, 7) is 0. The van der Waals surface area contributed by atoms with E-state index in [1.165, 1.54) is 32.4 Å². The van der Waals surface area contributed by atoms with Gasteiger partial charge in [-0.15, -0.1) is 0 Å². The fourth-order valence-corrected chi connectivity index (χ4v) is 4.26. The van der Waals surface area contributed by atoms with Gasteiger partial charge in [0.1, 0.15) is 11.5 Å². The molecule has 3 rings (SSSR count). The summed E-state index contributed by atoms with van der Waals surface area (Å²) in [5, 5.41) is 3.42. The zero-order chi connectivity index (χ0) is 23.3. The molecule has 3 aromatic rings. The van der Waals surface area contributed by atoms with Crippen molar-refractivity contribution in [2.24, 2.45) is 0 Å². The van der Waals surface area contributed by atoms with Crippen molar-refractivity contribution in [3.05, 3.63) is 76.3 Å². The molecule has 0 fully saturated rings. The van der Waals surface area contributed by atoms with Gasteiger partial charge in [0, 0.05) is 5.69 Å². The fraction of sp³-hybridized carbons (Fsp3) is 0.136. The molecule has 7 nitrogen and oxygen atoms in total. The first-order valence-electron chi connectivity index (χ1n) is 9.30. The first kappa shape index (κ1) is 23.7. The van der Waals surface area contributed by atoms with E-state index in [9.17, 15) is 13.2 Å². The molecule has 0 aliphatic heterocycles. The predicted octanol–water partition coefficient (Wildman–Crippen LogP) is 4.99. The third-order valence-electron chi connectivity index (χ3n) is 4.45. The fourth-order valence-electron chi connectivity index (χ4n) is 2.85. The van der Waals surface area contributed by atoms with Crippen LogP contribution in [0.25, 0.3) is 0 Å². The normalized spacial score (nSPS) is 11.0. The molecule has 0 radical (unpaired) electrons. The van der Waals surface area contributed by atoms with E-state index in [0.29, 0.717) is 32.8 Å². The third-order valence-corrected chi connectivity index (χ3v) is 6.56.